The molecule has 3 heterocycles. The number of hydrogen-bond donors (Lipinski definition) is 2. The van der Waals surface area contributed by atoms with Crippen LogP contribution >= 0.6 is 27.3 Å². The average molecular weight is 314 g/mol. The van der Waals surface area contributed by atoms with Crippen LogP contribution < -0.4 is 5.32 Å². The SMILES string of the molecule is Cc1c(Br)sc2cc(C3CN(C)CCN3)[nH]c12. The van der Waals surface area contributed by atoms with Crippen LogP contribution in [0, 0.1) is 6.92 Å². The first kappa shape index (κ1) is 11.7. The predicted octanol–water partition coefficient (Wildman–Crippen LogP) is 2.88. The van der Waals surface area contributed by atoms with E-state index in [4.69, 9.17) is 0 Å². The van der Waals surface area contributed by atoms with Gasteiger partial charge in [-0.25, -0.2) is 0 Å². The van der Waals surface area contributed by atoms with Gasteiger partial charge < -0.3 is 15.2 Å². The largest absolute Gasteiger partial charge is 0.356 e. The predicted molar refractivity (Wildman–Crippen MR) is 76.9 cm³/mol. The van der Waals surface area contributed by atoms with E-state index in [1.807, 2.05) is 11.3 Å². The number of aromatic amines is 1. The molecule has 3 rings (SSSR count). The molecule has 0 aliphatic carbocycles. The number of piperazine rings is 1. The Morgan fingerprint density at radius 1 is 1.53 bits per heavy atom. The van der Waals surface area contributed by atoms with E-state index >= 15 is 0 Å². The van der Waals surface area contributed by atoms with Gasteiger partial charge >= 0.3 is 0 Å². The smallest absolute Gasteiger partial charge is 0.0755 e. The first-order chi connectivity index (χ1) is 8.15. The van der Waals surface area contributed by atoms with Crippen LogP contribution in [0.25, 0.3) is 10.2 Å². The van der Waals surface area contributed by atoms with Crippen molar-refractivity contribution in [2.24, 2.45) is 0 Å². The van der Waals surface area contributed by atoms with Crippen molar-refractivity contribution in [1.29, 1.82) is 0 Å². The van der Waals surface area contributed by atoms with Crippen molar-refractivity contribution in [2.75, 3.05) is 26.7 Å². The Morgan fingerprint density at radius 3 is 3.06 bits per heavy atom. The van der Waals surface area contributed by atoms with Gasteiger partial charge in [0, 0.05) is 25.3 Å². The van der Waals surface area contributed by atoms with E-state index in [1.165, 1.54) is 25.3 Å². The van der Waals surface area contributed by atoms with Crippen LogP contribution in [0.5, 0.6) is 0 Å². The summed E-state index contributed by atoms with van der Waals surface area (Å²) in [6, 6.07) is 2.72. The van der Waals surface area contributed by atoms with Crippen molar-refractivity contribution in [3.8, 4) is 0 Å². The van der Waals surface area contributed by atoms with Gasteiger partial charge in [-0.3, -0.25) is 0 Å². The van der Waals surface area contributed by atoms with Crippen LogP contribution in [0.4, 0.5) is 0 Å². The zero-order valence-corrected chi connectivity index (χ0v) is 12.4. The van der Waals surface area contributed by atoms with Crippen molar-refractivity contribution in [3.63, 3.8) is 0 Å². The standard InChI is InChI=1S/C12H16BrN3S/c1-7-11-10(17-12(7)13)5-8(15-11)9-6-16(2)4-3-14-9/h5,9,14-15H,3-4,6H2,1-2H3. The number of rotatable bonds is 1. The molecule has 1 aliphatic heterocycles. The highest BCUT2D eigenvalue weighted by molar-refractivity contribution is 9.11. The maximum Gasteiger partial charge on any atom is 0.0755 e. The highest BCUT2D eigenvalue weighted by Crippen LogP contribution is 2.36. The molecule has 0 amide bonds. The summed E-state index contributed by atoms with van der Waals surface area (Å²) in [5, 5.41) is 3.57. The second-order valence-electron chi connectivity index (χ2n) is 4.73. The molecule has 2 aromatic rings. The minimum atomic E-state index is 0.437. The first-order valence-electron chi connectivity index (χ1n) is 5.84. The summed E-state index contributed by atoms with van der Waals surface area (Å²) in [5.74, 6) is 0. The number of H-pyrrole nitrogens is 1. The molecule has 1 unspecified atom stereocenters. The maximum absolute atomic E-state index is 3.59. The molecule has 1 saturated heterocycles. The van der Waals surface area contributed by atoms with Crippen molar-refractivity contribution < 1.29 is 0 Å². The van der Waals surface area contributed by atoms with Crippen LogP contribution in [0.2, 0.25) is 0 Å². The zero-order valence-electron chi connectivity index (χ0n) is 10.0. The number of halogens is 1. The molecular formula is C12H16BrN3S. The third-order valence-electron chi connectivity index (χ3n) is 3.43. The topological polar surface area (TPSA) is 31.1 Å². The number of likely N-dealkylation sites (N-methyl/N-ethyl adjacent to an activating group) is 1. The molecule has 1 fully saturated rings. The molecule has 1 atom stereocenters. The quantitative estimate of drug-likeness (QED) is 0.848. The third-order valence-corrected chi connectivity index (χ3v) is 5.53. The molecule has 2 aromatic heterocycles. The number of hydrogen-bond acceptors (Lipinski definition) is 3. The number of nitrogens with zero attached hydrogens (tertiary/aromatic N) is 1. The van der Waals surface area contributed by atoms with Gasteiger partial charge in [0.15, 0.2) is 0 Å². The van der Waals surface area contributed by atoms with Gasteiger partial charge in [0.1, 0.15) is 0 Å². The molecule has 0 spiro atoms. The number of fused-ring (bicyclic) bond motifs is 1. The van der Waals surface area contributed by atoms with Crippen LogP contribution in [0.1, 0.15) is 17.3 Å². The van der Waals surface area contributed by atoms with Crippen LogP contribution in [-0.2, 0) is 0 Å². The number of aromatic nitrogens is 1. The fourth-order valence-corrected chi connectivity index (χ4v) is 4.04. The molecule has 0 saturated carbocycles. The number of nitrogens with one attached hydrogen (secondary N) is 2. The monoisotopic (exact) mass is 313 g/mol. The zero-order chi connectivity index (χ0) is 12.0. The second-order valence-corrected chi connectivity index (χ2v) is 7.10. The van der Waals surface area contributed by atoms with Gasteiger partial charge in [-0.1, -0.05) is 0 Å². The summed E-state index contributed by atoms with van der Waals surface area (Å²) in [4.78, 5) is 5.94. The highest BCUT2D eigenvalue weighted by Gasteiger charge is 2.21. The lowest BCUT2D eigenvalue weighted by Crippen LogP contribution is -2.43. The second kappa shape index (κ2) is 4.39. The van der Waals surface area contributed by atoms with Crippen molar-refractivity contribution in [1.82, 2.24) is 15.2 Å². The molecule has 0 bridgehead atoms. The number of thiophene rings is 1. The normalized spacial score (nSPS) is 22.4. The molecular weight excluding hydrogens is 298 g/mol. The lowest BCUT2D eigenvalue weighted by atomic mass is 10.1. The Morgan fingerprint density at radius 2 is 2.35 bits per heavy atom. The first-order valence-corrected chi connectivity index (χ1v) is 7.45. The Bertz CT molecular complexity index is 545. The average Bonchev–Trinajstić information content (AvgIpc) is 2.81. The summed E-state index contributed by atoms with van der Waals surface area (Å²) in [7, 11) is 2.18. The van der Waals surface area contributed by atoms with Gasteiger partial charge in [-0.15, -0.1) is 11.3 Å². The summed E-state index contributed by atoms with van der Waals surface area (Å²) in [6.07, 6.45) is 0. The summed E-state index contributed by atoms with van der Waals surface area (Å²) >= 11 is 5.40. The van der Waals surface area contributed by atoms with Crippen molar-refractivity contribution in [2.45, 2.75) is 13.0 Å². The molecule has 5 heteroatoms. The van der Waals surface area contributed by atoms with E-state index in [9.17, 15) is 0 Å². The maximum atomic E-state index is 3.59. The van der Waals surface area contributed by atoms with Crippen LogP contribution in [-0.4, -0.2) is 36.6 Å². The summed E-state index contributed by atoms with van der Waals surface area (Å²) in [5.41, 5.74) is 3.92. The van der Waals surface area contributed by atoms with Crippen molar-refractivity contribution >= 4 is 37.5 Å². The highest BCUT2D eigenvalue weighted by atomic mass is 79.9. The van der Waals surface area contributed by atoms with E-state index in [2.05, 4.69) is 51.2 Å². The third kappa shape index (κ3) is 2.05. The van der Waals surface area contributed by atoms with Gasteiger partial charge in [0.25, 0.3) is 0 Å². The van der Waals surface area contributed by atoms with Crippen LogP contribution in [0.3, 0.4) is 0 Å². The van der Waals surface area contributed by atoms with E-state index in [0.717, 1.165) is 19.6 Å². The van der Waals surface area contributed by atoms with E-state index in [-0.39, 0.29) is 0 Å². The minimum absolute atomic E-state index is 0.437. The lowest BCUT2D eigenvalue weighted by molar-refractivity contribution is 0.239. The summed E-state index contributed by atoms with van der Waals surface area (Å²) in [6.45, 7) is 5.43. The van der Waals surface area contributed by atoms with E-state index < -0.39 is 0 Å². The molecule has 2 N–H and O–H groups in total. The molecule has 17 heavy (non-hydrogen) atoms. The number of aryl methyl sites for hydroxylation is 1. The van der Waals surface area contributed by atoms with Gasteiger partial charge in [-0.2, -0.15) is 0 Å². The van der Waals surface area contributed by atoms with Crippen molar-refractivity contribution in [3.05, 3.63) is 21.1 Å². The molecule has 0 radical (unpaired) electrons. The Labute approximate surface area is 113 Å². The molecule has 0 aromatic carbocycles. The summed E-state index contributed by atoms with van der Waals surface area (Å²) < 4.78 is 2.58. The lowest BCUT2D eigenvalue weighted by Gasteiger charge is -2.30. The fourth-order valence-electron chi connectivity index (χ4n) is 2.38. The van der Waals surface area contributed by atoms with Gasteiger partial charge in [0.2, 0.25) is 0 Å². The van der Waals surface area contributed by atoms with Gasteiger partial charge in [0.05, 0.1) is 20.0 Å². The Kier molecular flexibility index (Phi) is 3.02. The minimum Gasteiger partial charge on any atom is -0.356 e. The fraction of sp³-hybridized carbons (Fsp3) is 0.500. The Hall–Kier alpha value is -0.360. The molecule has 3 nitrogen and oxygen atoms in total. The van der Waals surface area contributed by atoms with Gasteiger partial charge in [-0.05, 0) is 41.5 Å². The molecule has 92 valence electrons. The van der Waals surface area contributed by atoms with Crippen LogP contribution in [0.15, 0.2) is 9.85 Å². The van der Waals surface area contributed by atoms with E-state index in [1.54, 1.807) is 0 Å². The molecule has 1 aliphatic rings. The Balaban J connectivity index is 1.95. The van der Waals surface area contributed by atoms with E-state index in [0.29, 0.717) is 6.04 Å².